The van der Waals surface area contributed by atoms with Crippen LogP contribution in [0.25, 0.3) is 0 Å². The van der Waals surface area contributed by atoms with Crippen LogP contribution in [0.2, 0.25) is 0 Å². The molecular formula is C26H29NO3. The summed E-state index contributed by atoms with van der Waals surface area (Å²) in [7, 11) is 0. The number of carbonyl (C=O) groups is 2. The van der Waals surface area contributed by atoms with Crippen molar-refractivity contribution in [1.29, 1.82) is 0 Å². The molecule has 3 aromatic rings. The summed E-state index contributed by atoms with van der Waals surface area (Å²) in [6.45, 7) is 9.88. The van der Waals surface area contributed by atoms with E-state index >= 15 is 0 Å². The van der Waals surface area contributed by atoms with E-state index in [4.69, 9.17) is 4.74 Å². The summed E-state index contributed by atoms with van der Waals surface area (Å²) in [6, 6.07) is 20.2. The highest BCUT2D eigenvalue weighted by Gasteiger charge is 2.21. The van der Waals surface area contributed by atoms with Gasteiger partial charge in [0.2, 0.25) is 0 Å². The summed E-state index contributed by atoms with van der Waals surface area (Å²) in [4.78, 5) is 24.2. The van der Waals surface area contributed by atoms with Gasteiger partial charge < -0.3 is 10.1 Å². The first-order valence-corrected chi connectivity index (χ1v) is 9.95. The average molecular weight is 404 g/mol. The molecule has 1 N–H and O–H groups in total. The smallest absolute Gasteiger partial charge is 0.255 e. The Morgan fingerprint density at radius 3 is 2.03 bits per heavy atom. The summed E-state index contributed by atoms with van der Waals surface area (Å²) in [5, 5.41) is 2.88. The van der Waals surface area contributed by atoms with Gasteiger partial charge in [-0.2, -0.15) is 0 Å². The van der Waals surface area contributed by atoms with Crippen LogP contribution < -0.4 is 10.1 Å². The van der Waals surface area contributed by atoms with Crippen LogP contribution in [-0.4, -0.2) is 11.7 Å². The van der Waals surface area contributed by atoms with E-state index in [0.717, 1.165) is 16.9 Å². The number of carbonyl (C=O) groups excluding carboxylic acids is 2. The lowest BCUT2D eigenvalue weighted by atomic mass is 9.85. The first-order chi connectivity index (χ1) is 14.1. The second kappa shape index (κ2) is 8.54. The third-order valence-electron chi connectivity index (χ3n) is 4.85. The fourth-order valence-corrected chi connectivity index (χ4v) is 3.09. The molecule has 0 aliphatic heterocycles. The molecule has 0 spiro atoms. The third-order valence-corrected chi connectivity index (χ3v) is 4.85. The lowest BCUT2D eigenvalue weighted by Gasteiger charge is -2.23. The molecule has 0 atom stereocenters. The fourth-order valence-electron chi connectivity index (χ4n) is 3.09. The minimum absolute atomic E-state index is 0. The quantitative estimate of drug-likeness (QED) is 0.477. The van der Waals surface area contributed by atoms with Gasteiger partial charge in [-0.1, -0.05) is 44.5 Å². The van der Waals surface area contributed by atoms with Gasteiger partial charge in [-0.05, 0) is 67.8 Å². The van der Waals surface area contributed by atoms with Crippen LogP contribution >= 0.6 is 0 Å². The SMILES string of the molecule is CC(=O)c1ccc(NC(=O)c2ccc(C(C)(C)C)c(Oc3ccc(C)cc3)c2)cc1.[HH]. The number of anilines is 1. The summed E-state index contributed by atoms with van der Waals surface area (Å²) in [5.41, 5.74) is 3.77. The molecule has 0 aliphatic carbocycles. The van der Waals surface area contributed by atoms with Gasteiger partial charge in [0, 0.05) is 23.8 Å². The first kappa shape index (κ1) is 21.3. The van der Waals surface area contributed by atoms with E-state index in [1.54, 1.807) is 30.3 Å². The van der Waals surface area contributed by atoms with Crippen molar-refractivity contribution >= 4 is 17.4 Å². The molecule has 0 aliphatic rings. The van der Waals surface area contributed by atoms with Crippen LogP contribution in [0, 0.1) is 6.92 Å². The normalized spacial score (nSPS) is 11.1. The predicted octanol–water partition coefficient (Wildman–Crippen LogP) is 6.79. The maximum atomic E-state index is 12.8. The fraction of sp³-hybridized carbons (Fsp3) is 0.231. The monoisotopic (exact) mass is 403 g/mol. The van der Waals surface area contributed by atoms with Crippen molar-refractivity contribution in [2.75, 3.05) is 5.32 Å². The van der Waals surface area contributed by atoms with E-state index in [1.165, 1.54) is 6.92 Å². The standard InChI is InChI=1S/C26H27NO3.H2/c1-17-6-13-22(14-7-17)30-24-16-20(10-15-23(24)26(3,4)5)25(29)27-21-11-8-19(9-12-21)18(2)28;/h6-16H,1-5H3,(H,27,29);1H. The maximum absolute atomic E-state index is 12.8. The average Bonchev–Trinajstić information content (AvgIpc) is 2.69. The van der Waals surface area contributed by atoms with Crippen molar-refractivity contribution < 1.29 is 15.8 Å². The van der Waals surface area contributed by atoms with Crippen molar-refractivity contribution in [3.8, 4) is 11.5 Å². The molecule has 0 saturated carbocycles. The lowest BCUT2D eigenvalue weighted by Crippen LogP contribution is -2.16. The highest BCUT2D eigenvalue weighted by atomic mass is 16.5. The van der Waals surface area contributed by atoms with E-state index in [1.807, 2.05) is 43.3 Å². The van der Waals surface area contributed by atoms with Crippen molar-refractivity contribution in [3.63, 3.8) is 0 Å². The first-order valence-electron chi connectivity index (χ1n) is 9.95. The van der Waals surface area contributed by atoms with E-state index in [9.17, 15) is 9.59 Å². The Balaban J connectivity index is 0.00000341. The van der Waals surface area contributed by atoms with Gasteiger partial charge in [-0.3, -0.25) is 9.59 Å². The van der Waals surface area contributed by atoms with E-state index in [2.05, 4.69) is 26.1 Å². The van der Waals surface area contributed by atoms with Crippen LogP contribution in [0.1, 0.15) is 61.0 Å². The van der Waals surface area contributed by atoms with E-state index in [-0.39, 0.29) is 18.5 Å². The summed E-state index contributed by atoms with van der Waals surface area (Å²) in [5.74, 6) is 1.14. The Hall–Kier alpha value is -3.40. The van der Waals surface area contributed by atoms with Gasteiger partial charge in [0.25, 0.3) is 5.91 Å². The molecule has 4 heteroatoms. The number of ketones is 1. The summed E-state index contributed by atoms with van der Waals surface area (Å²) >= 11 is 0. The molecule has 3 rings (SSSR count). The van der Waals surface area contributed by atoms with Crippen molar-refractivity contribution in [2.45, 2.75) is 40.0 Å². The van der Waals surface area contributed by atoms with Crippen LogP contribution in [0.3, 0.4) is 0 Å². The number of rotatable bonds is 5. The molecule has 30 heavy (non-hydrogen) atoms. The zero-order chi connectivity index (χ0) is 21.9. The Kier molecular flexibility index (Phi) is 6.06. The Bertz CT molecular complexity index is 1070. The minimum Gasteiger partial charge on any atom is -0.457 e. The van der Waals surface area contributed by atoms with Gasteiger partial charge in [0.05, 0.1) is 0 Å². The molecule has 1 amide bonds. The number of amides is 1. The van der Waals surface area contributed by atoms with Gasteiger partial charge in [-0.25, -0.2) is 0 Å². The van der Waals surface area contributed by atoms with Crippen molar-refractivity contribution in [3.05, 3.63) is 89.0 Å². The zero-order valence-electron chi connectivity index (χ0n) is 18.1. The number of hydrogen-bond donors (Lipinski definition) is 1. The topological polar surface area (TPSA) is 55.4 Å². The van der Waals surface area contributed by atoms with Crippen LogP contribution in [-0.2, 0) is 5.41 Å². The third kappa shape index (κ3) is 5.15. The largest absolute Gasteiger partial charge is 0.457 e. The molecule has 0 aromatic heterocycles. The lowest BCUT2D eigenvalue weighted by molar-refractivity contribution is 0.101. The maximum Gasteiger partial charge on any atom is 0.255 e. The van der Waals surface area contributed by atoms with Crippen LogP contribution in [0.4, 0.5) is 5.69 Å². The molecule has 0 radical (unpaired) electrons. The predicted molar refractivity (Wildman–Crippen MR) is 123 cm³/mol. The molecule has 0 saturated heterocycles. The molecular weight excluding hydrogens is 374 g/mol. The Morgan fingerprint density at radius 2 is 1.47 bits per heavy atom. The second-order valence-corrected chi connectivity index (χ2v) is 8.46. The van der Waals surface area contributed by atoms with Gasteiger partial charge in [-0.15, -0.1) is 0 Å². The Labute approximate surface area is 179 Å². The molecule has 0 bridgehead atoms. The number of benzene rings is 3. The van der Waals surface area contributed by atoms with Crippen LogP contribution in [0.5, 0.6) is 11.5 Å². The molecule has 4 nitrogen and oxygen atoms in total. The number of aryl methyl sites for hydroxylation is 1. The number of Topliss-reactive ketones (excluding diaryl/α,β-unsaturated/α-hetero) is 1. The summed E-state index contributed by atoms with van der Waals surface area (Å²) in [6.07, 6.45) is 0. The van der Waals surface area contributed by atoms with Crippen molar-refractivity contribution in [2.24, 2.45) is 0 Å². The molecule has 156 valence electrons. The highest BCUT2D eigenvalue weighted by Crippen LogP contribution is 2.35. The van der Waals surface area contributed by atoms with Crippen molar-refractivity contribution in [1.82, 2.24) is 0 Å². The molecule has 3 aromatic carbocycles. The second-order valence-electron chi connectivity index (χ2n) is 8.46. The molecule has 0 unspecified atom stereocenters. The minimum atomic E-state index is -0.236. The number of nitrogens with one attached hydrogen (secondary N) is 1. The van der Waals surface area contributed by atoms with Gasteiger partial charge >= 0.3 is 0 Å². The molecule has 0 heterocycles. The van der Waals surface area contributed by atoms with E-state index in [0.29, 0.717) is 22.6 Å². The van der Waals surface area contributed by atoms with Gasteiger partial charge in [0.15, 0.2) is 5.78 Å². The van der Waals surface area contributed by atoms with Gasteiger partial charge in [0.1, 0.15) is 11.5 Å². The van der Waals surface area contributed by atoms with E-state index < -0.39 is 0 Å². The summed E-state index contributed by atoms with van der Waals surface area (Å²) < 4.78 is 6.16. The zero-order valence-corrected chi connectivity index (χ0v) is 18.1. The number of ether oxygens (including phenoxy) is 1. The van der Waals surface area contributed by atoms with Crippen LogP contribution in [0.15, 0.2) is 66.7 Å². The highest BCUT2D eigenvalue weighted by molar-refractivity contribution is 6.05. The number of hydrogen-bond acceptors (Lipinski definition) is 3. The molecule has 0 fully saturated rings. The Morgan fingerprint density at radius 1 is 0.867 bits per heavy atom.